The van der Waals surface area contributed by atoms with Crippen molar-refractivity contribution in [2.24, 2.45) is 0 Å². The van der Waals surface area contributed by atoms with Gasteiger partial charge < -0.3 is 9.31 Å². The van der Waals surface area contributed by atoms with E-state index in [-0.39, 0.29) is 5.56 Å². The molecule has 3 nitrogen and oxygen atoms in total. The normalized spacial score (nSPS) is 21.7. The maximum absolute atomic E-state index is 13.3. The molecule has 0 saturated carbocycles. The zero-order chi connectivity index (χ0) is 14.5. The van der Waals surface area contributed by atoms with Gasteiger partial charge in [0, 0.05) is 30.3 Å². The molecule has 2 rings (SSSR count). The van der Waals surface area contributed by atoms with E-state index in [1.807, 2.05) is 27.7 Å². The highest BCUT2D eigenvalue weighted by Gasteiger charge is 2.52. The lowest BCUT2D eigenvalue weighted by atomic mass is 9.79. The smallest absolute Gasteiger partial charge is 0.399 e. The topological polar surface area (TPSA) is 31.4 Å². The first-order valence-electron chi connectivity index (χ1n) is 6.22. The van der Waals surface area contributed by atoms with Crippen molar-refractivity contribution in [3.63, 3.8) is 0 Å². The second kappa shape index (κ2) is 4.25. The molecule has 1 aromatic heterocycles. The van der Waals surface area contributed by atoms with E-state index in [1.54, 1.807) is 0 Å². The van der Waals surface area contributed by atoms with Crippen LogP contribution in [-0.4, -0.2) is 23.3 Å². The van der Waals surface area contributed by atoms with Crippen LogP contribution >= 0.6 is 0 Å². The van der Waals surface area contributed by atoms with Gasteiger partial charge in [-0.25, -0.2) is 8.78 Å². The van der Waals surface area contributed by atoms with Gasteiger partial charge in [0.05, 0.1) is 11.2 Å². The Hall–Kier alpha value is -1.01. The van der Waals surface area contributed by atoms with Gasteiger partial charge in [0.1, 0.15) is 0 Å². The van der Waals surface area contributed by atoms with E-state index in [0.717, 1.165) is 13.1 Å². The maximum atomic E-state index is 13.3. The molecule has 0 amide bonds. The number of nitrogens with zero attached hydrogens (tertiary/aromatic N) is 1. The van der Waals surface area contributed by atoms with E-state index in [0.29, 0.717) is 5.46 Å². The first kappa shape index (κ1) is 14.4. The van der Waals surface area contributed by atoms with Crippen molar-refractivity contribution >= 4 is 12.6 Å². The quantitative estimate of drug-likeness (QED) is 0.773. The molecule has 0 bridgehead atoms. The Bertz CT molecular complexity index is 470. The molecule has 1 saturated heterocycles. The van der Waals surface area contributed by atoms with Gasteiger partial charge in [-0.2, -0.15) is 0 Å². The fraction of sp³-hybridized carbons (Fsp3) is 0.615. The molecule has 0 atom stereocenters. The van der Waals surface area contributed by atoms with Gasteiger partial charge in [0.2, 0.25) is 0 Å². The summed E-state index contributed by atoms with van der Waals surface area (Å²) in [5, 5.41) is 0. The van der Waals surface area contributed by atoms with Crippen molar-refractivity contribution in [3.8, 4) is 0 Å². The van der Waals surface area contributed by atoms with Crippen molar-refractivity contribution < 1.29 is 18.1 Å². The van der Waals surface area contributed by atoms with Crippen LogP contribution in [0.3, 0.4) is 0 Å². The van der Waals surface area contributed by atoms with Crippen LogP contribution in [-0.2, 0) is 15.2 Å². The molecule has 0 aromatic carbocycles. The molecule has 1 aromatic rings. The molecule has 0 spiro atoms. The monoisotopic (exact) mass is 269 g/mol. The second-order valence-electron chi connectivity index (χ2n) is 5.98. The van der Waals surface area contributed by atoms with Crippen LogP contribution in [0.1, 0.15) is 40.2 Å². The van der Waals surface area contributed by atoms with Gasteiger partial charge in [0.15, 0.2) is 0 Å². The minimum Gasteiger partial charge on any atom is -0.399 e. The zero-order valence-electron chi connectivity index (χ0n) is 11.8. The van der Waals surface area contributed by atoms with Crippen LogP contribution in [0.5, 0.6) is 0 Å². The summed E-state index contributed by atoms with van der Waals surface area (Å²) in [7, 11) is -0.667. The van der Waals surface area contributed by atoms with Crippen molar-refractivity contribution in [1.29, 1.82) is 0 Å². The summed E-state index contributed by atoms with van der Waals surface area (Å²) in [5.74, 6) is -2.92. The van der Waals surface area contributed by atoms with Crippen molar-refractivity contribution in [3.05, 3.63) is 24.0 Å². The van der Waals surface area contributed by atoms with Crippen LogP contribution in [0, 0.1) is 0 Å². The molecule has 2 heterocycles. The first-order valence-corrected chi connectivity index (χ1v) is 6.22. The molecular weight excluding hydrogens is 251 g/mol. The summed E-state index contributed by atoms with van der Waals surface area (Å²) in [6.45, 7) is 8.51. The lowest BCUT2D eigenvalue weighted by Crippen LogP contribution is -2.41. The number of rotatable bonds is 2. The predicted molar refractivity (Wildman–Crippen MR) is 69.5 cm³/mol. The number of alkyl halides is 2. The summed E-state index contributed by atoms with van der Waals surface area (Å²) in [5.41, 5.74) is -0.623. The summed E-state index contributed by atoms with van der Waals surface area (Å²) in [4.78, 5) is 3.85. The molecule has 0 radical (unpaired) electrons. The van der Waals surface area contributed by atoms with Gasteiger partial charge in [-0.1, -0.05) is 6.07 Å². The minimum atomic E-state index is -2.92. The van der Waals surface area contributed by atoms with Crippen molar-refractivity contribution in [1.82, 2.24) is 4.98 Å². The lowest BCUT2D eigenvalue weighted by molar-refractivity contribution is 0.00578. The number of halogens is 2. The molecule has 19 heavy (non-hydrogen) atoms. The molecular formula is C13H18BF2NO2. The van der Waals surface area contributed by atoms with E-state index in [1.165, 1.54) is 12.3 Å². The largest absolute Gasteiger partial charge is 0.496 e. The second-order valence-corrected chi connectivity index (χ2v) is 5.98. The van der Waals surface area contributed by atoms with Crippen LogP contribution in [0.2, 0.25) is 0 Å². The SMILES string of the molecule is CC(F)(F)c1cncc(B2OC(C)(C)C(C)(C)O2)c1. The van der Waals surface area contributed by atoms with Gasteiger partial charge in [-0.3, -0.25) is 4.98 Å². The fourth-order valence-corrected chi connectivity index (χ4v) is 1.81. The van der Waals surface area contributed by atoms with Gasteiger partial charge >= 0.3 is 7.12 Å². The molecule has 104 valence electrons. The number of pyridine rings is 1. The summed E-state index contributed by atoms with van der Waals surface area (Å²) in [6.07, 6.45) is 2.66. The van der Waals surface area contributed by atoms with Crippen LogP contribution in [0.25, 0.3) is 0 Å². The van der Waals surface area contributed by atoms with Crippen molar-refractivity contribution in [2.45, 2.75) is 51.7 Å². The number of hydrogen-bond acceptors (Lipinski definition) is 3. The first-order chi connectivity index (χ1) is 8.53. The predicted octanol–water partition coefficient (Wildman–Crippen LogP) is 2.49. The fourth-order valence-electron chi connectivity index (χ4n) is 1.81. The van der Waals surface area contributed by atoms with Crippen LogP contribution in [0.15, 0.2) is 18.5 Å². The Morgan fingerprint density at radius 3 is 2.11 bits per heavy atom. The lowest BCUT2D eigenvalue weighted by Gasteiger charge is -2.32. The third kappa shape index (κ3) is 2.65. The van der Waals surface area contributed by atoms with E-state index in [2.05, 4.69) is 4.98 Å². The summed E-state index contributed by atoms with van der Waals surface area (Å²) >= 11 is 0. The maximum Gasteiger partial charge on any atom is 0.496 e. The molecule has 0 unspecified atom stereocenters. The average Bonchev–Trinajstić information content (AvgIpc) is 2.47. The average molecular weight is 269 g/mol. The number of aromatic nitrogens is 1. The molecule has 6 heteroatoms. The highest BCUT2D eigenvalue weighted by Crippen LogP contribution is 2.36. The Balaban J connectivity index is 2.30. The molecule has 1 aliphatic rings. The summed E-state index contributed by atoms with van der Waals surface area (Å²) in [6, 6.07) is 1.38. The Morgan fingerprint density at radius 2 is 1.63 bits per heavy atom. The highest BCUT2D eigenvalue weighted by atomic mass is 19.3. The van der Waals surface area contributed by atoms with Crippen LogP contribution < -0.4 is 5.46 Å². The third-order valence-corrected chi connectivity index (χ3v) is 3.79. The minimum absolute atomic E-state index is 0.139. The molecule has 0 N–H and O–H groups in total. The number of hydrogen-bond donors (Lipinski definition) is 0. The highest BCUT2D eigenvalue weighted by molar-refractivity contribution is 6.62. The van der Waals surface area contributed by atoms with Crippen LogP contribution in [0.4, 0.5) is 8.78 Å². The Morgan fingerprint density at radius 1 is 1.11 bits per heavy atom. The summed E-state index contributed by atoms with van der Waals surface area (Å²) < 4.78 is 38.2. The Kier molecular flexibility index (Phi) is 3.22. The van der Waals surface area contributed by atoms with Gasteiger partial charge in [0.25, 0.3) is 5.92 Å². The third-order valence-electron chi connectivity index (χ3n) is 3.79. The molecule has 1 fully saturated rings. The van der Waals surface area contributed by atoms with E-state index >= 15 is 0 Å². The van der Waals surface area contributed by atoms with Gasteiger partial charge in [-0.05, 0) is 27.7 Å². The van der Waals surface area contributed by atoms with E-state index in [4.69, 9.17) is 9.31 Å². The van der Waals surface area contributed by atoms with Crippen molar-refractivity contribution in [2.75, 3.05) is 0 Å². The Labute approximate surface area is 112 Å². The van der Waals surface area contributed by atoms with Gasteiger partial charge in [-0.15, -0.1) is 0 Å². The van der Waals surface area contributed by atoms with E-state index in [9.17, 15) is 8.78 Å². The molecule has 1 aliphatic heterocycles. The molecule has 0 aliphatic carbocycles. The zero-order valence-corrected chi connectivity index (χ0v) is 11.8. The van der Waals surface area contributed by atoms with E-state index < -0.39 is 24.2 Å². The standard InChI is InChI=1S/C13H18BF2NO2/c1-11(2)12(3,4)19-14(18-11)10-6-9(7-17-8-10)13(5,15)16/h6-8H,1-5H3.